The van der Waals surface area contributed by atoms with Crippen molar-refractivity contribution in [2.75, 3.05) is 26.2 Å². The van der Waals surface area contributed by atoms with Crippen LogP contribution in [0.25, 0.3) is 0 Å². The van der Waals surface area contributed by atoms with Crippen molar-refractivity contribution in [3.05, 3.63) is 52.8 Å². The lowest BCUT2D eigenvalue weighted by atomic mass is 9.96. The van der Waals surface area contributed by atoms with E-state index in [-0.39, 0.29) is 24.3 Å². The number of benzene rings is 1. The molecule has 164 valence electrons. The summed E-state index contributed by atoms with van der Waals surface area (Å²) < 4.78 is 1.60. The normalized spacial score (nSPS) is 16.1. The van der Waals surface area contributed by atoms with Crippen LogP contribution < -0.4 is 10.6 Å². The third-order valence-electron chi connectivity index (χ3n) is 6.25. The molecule has 3 amide bonds. The third kappa shape index (κ3) is 5.13. The first-order chi connectivity index (χ1) is 15.0. The summed E-state index contributed by atoms with van der Waals surface area (Å²) in [5, 5.41) is 9.72. The van der Waals surface area contributed by atoms with Gasteiger partial charge in [0.1, 0.15) is 0 Å². The third-order valence-corrected chi connectivity index (χ3v) is 6.25. The second-order valence-electron chi connectivity index (χ2n) is 8.46. The molecule has 1 fully saturated rings. The van der Waals surface area contributed by atoms with Gasteiger partial charge in [-0.2, -0.15) is 5.10 Å². The second kappa shape index (κ2) is 9.32. The zero-order valence-electron chi connectivity index (χ0n) is 17.9. The Hall–Kier alpha value is -3.16. The van der Waals surface area contributed by atoms with Gasteiger partial charge in [-0.15, -0.1) is 0 Å². The minimum Gasteiger partial charge on any atom is -0.352 e. The number of aryl methyl sites for hydroxylation is 3. The molecule has 8 heteroatoms. The van der Waals surface area contributed by atoms with Gasteiger partial charge in [-0.05, 0) is 61.3 Å². The van der Waals surface area contributed by atoms with Crippen LogP contribution in [0.5, 0.6) is 0 Å². The van der Waals surface area contributed by atoms with Crippen LogP contribution >= 0.6 is 0 Å². The highest BCUT2D eigenvalue weighted by atomic mass is 16.2. The average molecular weight is 424 g/mol. The lowest BCUT2D eigenvalue weighted by molar-refractivity contribution is -0.131. The molecule has 2 N–H and O–H groups in total. The van der Waals surface area contributed by atoms with E-state index in [0.717, 1.165) is 32.1 Å². The molecule has 0 radical (unpaired) electrons. The molecular formula is C23H29N5O3. The van der Waals surface area contributed by atoms with Crippen molar-refractivity contribution >= 4 is 17.7 Å². The summed E-state index contributed by atoms with van der Waals surface area (Å²) >= 11 is 0. The van der Waals surface area contributed by atoms with Gasteiger partial charge >= 0.3 is 0 Å². The molecule has 0 saturated carbocycles. The molecular weight excluding hydrogens is 394 g/mol. The second-order valence-corrected chi connectivity index (χ2v) is 8.46. The number of likely N-dealkylation sites (tertiary alicyclic amines) is 1. The fourth-order valence-corrected chi connectivity index (χ4v) is 4.35. The van der Waals surface area contributed by atoms with Crippen molar-refractivity contribution in [2.24, 2.45) is 13.0 Å². The van der Waals surface area contributed by atoms with Crippen molar-refractivity contribution in [1.29, 1.82) is 0 Å². The lowest BCUT2D eigenvalue weighted by Crippen LogP contribution is -2.45. The van der Waals surface area contributed by atoms with E-state index in [4.69, 9.17) is 0 Å². The highest BCUT2D eigenvalue weighted by Crippen LogP contribution is 2.22. The van der Waals surface area contributed by atoms with Gasteiger partial charge in [-0.1, -0.05) is 6.07 Å². The number of nitrogens with zero attached hydrogens (tertiary/aromatic N) is 3. The topological polar surface area (TPSA) is 96.3 Å². The van der Waals surface area contributed by atoms with Gasteiger partial charge < -0.3 is 15.5 Å². The Morgan fingerprint density at radius 2 is 1.77 bits per heavy atom. The highest BCUT2D eigenvalue weighted by molar-refractivity contribution is 5.96. The van der Waals surface area contributed by atoms with E-state index in [1.54, 1.807) is 29.0 Å². The molecule has 0 atom stereocenters. The number of piperidine rings is 1. The molecule has 1 saturated heterocycles. The molecule has 0 unspecified atom stereocenters. The molecule has 2 aliphatic rings. The summed E-state index contributed by atoms with van der Waals surface area (Å²) in [5.41, 5.74) is 3.74. The van der Waals surface area contributed by atoms with E-state index in [1.165, 1.54) is 11.1 Å². The predicted octanol–water partition coefficient (Wildman–Crippen LogP) is 1.31. The molecule has 1 aliphatic heterocycles. The number of nitrogens with one attached hydrogen (secondary N) is 2. The first-order valence-electron chi connectivity index (χ1n) is 10.9. The standard InChI is InChI=1S/C23H29N5O3/c1-27-15-20(13-26-27)23(31)24-12-16-7-9-28(10-8-16)21(29)14-25-22(30)19-6-5-17-3-2-4-18(17)11-19/h5-6,11,13,15-16H,2-4,7-10,12,14H2,1H3,(H,24,31)(H,25,30). The van der Waals surface area contributed by atoms with E-state index < -0.39 is 0 Å². The van der Waals surface area contributed by atoms with Gasteiger partial charge in [0.2, 0.25) is 5.91 Å². The van der Waals surface area contributed by atoms with Crippen LogP contribution in [0.1, 0.15) is 51.1 Å². The van der Waals surface area contributed by atoms with E-state index in [9.17, 15) is 14.4 Å². The molecule has 0 bridgehead atoms. The number of rotatable bonds is 6. The minimum atomic E-state index is -0.198. The van der Waals surface area contributed by atoms with Crippen molar-refractivity contribution in [2.45, 2.75) is 32.1 Å². The van der Waals surface area contributed by atoms with E-state index in [2.05, 4.69) is 15.7 Å². The number of amides is 3. The molecule has 0 spiro atoms. The molecule has 8 nitrogen and oxygen atoms in total. The Kier molecular flexibility index (Phi) is 6.34. The van der Waals surface area contributed by atoms with Gasteiger partial charge in [-0.25, -0.2) is 0 Å². The summed E-state index contributed by atoms with van der Waals surface area (Å²) in [6.07, 6.45) is 8.14. The van der Waals surface area contributed by atoms with E-state index in [0.29, 0.717) is 36.7 Å². The van der Waals surface area contributed by atoms with Crippen molar-refractivity contribution in [3.63, 3.8) is 0 Å². The fraction of sp³-hybridized carbons (Fsp3) is 0.478. The van der Waals surface area contributed by atoms with Crippen LogP contribution in [-0.2, 0) is 24.7 Å². The molecule has 1 aromatic heterocycles. The summed E-state index contributed by atoms with van der Waals surface area (Å²) in [6, 6.07) is 5.82. The molecule has 4 rings (SSSR count). The molecule has 1 aliphatic carbocycles. The maximum Gasteiger partial charge on any atom is 0.254 e. The van der Waals surface area contributed by atoms with Crippen LogP contribution in [0.4, 0.5) is 0 Å². The Labute approximate surface area is 182 Å². The monoisotopic (exact) mass is 423 g/mol. The SMILES string of the molecule is Cn1cc(C(=O)NCC2CCN(C(=O)CNC(=O)c3ccc4c(c3)CCC4)CC2)cn1. The van der Waals surface area contributed by atoms with Gasteiger partial charge in [0.25, 0.3) is 11.8 Å². The Bertz CT molecular complexity index is 975. The Balaban J connectivity index is 1.18. The minimum absolute atomic E-state index is 0.0122. The smallest absolute Gasteiger partial charge is 0.254 e. The van der Waals surface area contributed by atoms with Gasteiger partial charge in [0.05, 0.1) is 18.3 Å². The van der Waals surface area contributed by atoms with Crippen LogP contribution in [0.3, 0.4) is 0 Å². The summed E-state index contributed by atoms with van der Waals surface area (Å²) in [5.74, 6) is -0.0463. The highest BCUT2D eigenvalue weighted by Gasteiger charge is 2.24. The zero-order chi connectivity index (χ0) is 21.8. The lowest BCUT2D eigenvalue weighted by Gasteiger charge is -2.32. The van der Waals surface area contributed by atoms with Crippen molar-refractivity contribution in [1.82, 2.24) is 25.3 Å². The van der Waals surface area contributed by atoms with Crippen LogP contribution in [0.2, 0.25) is 0 Å². The number of aromatic nitrogens is 2. The van der Waals surface area contributed by atoms with Gasteiger partial charge in [-0.3, -0.25) is 19.1 Å². The number of carbonyl (C=O) groups is 3. The summed E-state index contributed by atoms with van der Waals surface area (Å²) in [7, 11) is 1.78. The number of hydrogen-bond donors (Lipinski definition) is 2. The summed E-state index contributed by atoms with van der Waals surface area (Å²) in [6.45, 7) is 1.88. The number of fused-ring (bicyclic) bond motifs is 1. The summed E-state index contributed by atoms with van der Waals surface area (Å²) in [4.78, 5) is 38.9. The molecule has 2 heterocycles. The van der Waals surface area contributed by atoms with Gasteiger partial charge in [0, 0.05) is 38.4 Å². The van der Waals surface area contributed by atoms with Crippen molar-refractivity contribution < 1.29 is 14.4 Å². The zero-order valence-corrected chi connectivity index (χ0v) is 17.9. The first-order valence-corrected chi connectivity index (χ1v) is 10.9. The first kappa shape index (κ1) is 21.1. The van der Waals surface area contributed by atoms with Crippen molar-refractivity contribution in [3.8, 4) is 0 Å². The van der Waals surface area contributed by atoms with Gasteiger partial charge in [0.15, 0.2) is 0 Å². The van der Waals surface area contributed by atoms with Crippen LogP contribution in [-0.4, -0.2) is 58.6 Å². The average Bonchev–Trinajstić information content (AvgIpc) is 3.44. The van der Waals surface area contributed by atoms with Crippen LogP contribution in [0, 0.1) is 5.92 Å². The quantitative estimate of drug-likeness (QED) is 0.732. The predicted molar refractivity (Wildman–Crippen MR) is 116 cm³/mol. The molecule has 2 aromatic rings. The maximum absolute atomic E-state index is 12.5. The molecule has 31 heavy (non-hydrogen) atoms. The Morgan fingerprint density at radius 1 is 1.03 bits per heavy atom. The fourth-order valence-electron chi connectivity index (χ4n) is 4.35. The number of hydrogen-bond acceptors (Lipinski definition) is 4. The number of carbonyl (C=O) groups excluding carboxylic acids is 3. The van der Waals surface area contributed by atoms with E-state index in [1.807, 2.05) is 18.2 Å². The van der Waals surface area contributed by atoms with E-state index >= 15 is 0 Å². The largest absolute Gasteiger partial charge is 0.352 e. The Morgan fingerprint density at radius 3 is 2.52 bits per heavy atom. The maximum atomic E-state index is 12.5. The van der Waals surface area contributed by atoms with Crippen LogP contribution in [0.15, 0.2) is 30.6 Å². The molecule has 1 aromatic carbocycles.